The second kappa shape index (κ2) is 4.57. The fourth-order valence-electron chi connectivity index (χ4n) is 1.15. The topological polar surface area (TPSA) is 63.3 Å². The predicted octanol–water partition coefficient (Wildman–Crippen LogP) is 2.23. The molecule has 4 heteroatoms. The van der Waals surface area contributed by atoms with E-state index in [1.165, 1.54) is 0 Å². The van der Waals surface area contributed by atoms with Gasteiger partial charge in [-0.3, -0.25) is 4.79 Å². The van der Waals surface area contributed by atoms with Crippen molar-refractivity contribution in [2.75, 3.05) is 0 Å². The van der Waals surface area contributed by atoms with E-state index >= 15 is 0 Å². The number of aryl methyl sites for hydroxylation is 1. The van der Waals surface area contributed by atoms with Crippen molar-refractivity contribution < 1.29 is 9.90 Å². The molecule has 1 aromatic carbocycles. The van der Waals surface area contributed by atoms with E-state index in [1.807, 2.05) is 25.1 Å². The Hall–Kier alpha value is -0.870. The van der Waals surface area contributed by atoms with Gasteiger partial charge in [-0.2, -0.15) is 0 Å². The quantitative estimate of drug-likeness (QED) is 0.873. The molecule has 0 fully saturated rings. The third kappa shape index (κ3) is 2.82. The normalized spacial score (nSPS) is 12.5. The molecule has 0 saturated carbocycles. The van der Waals surface area contributed by atoms with E-state index in [0.717, 1.165) is 15.6 Å². The molecule has 0 aromatic heterocycles. The highest BCUT2D eigenvalue weighted by Gasteiger charge is 2.10. The van der Waals surface area contributed by atoms with Crippen molar-refractivity contribution in [2.45, 2.75) is 19.4 Å². The summed E-state index contributed by atoms with van der Waals surface area (Å²) in [5, 5.41) is 8.58. The van der Waals surface area contributed by atoms with Crippen LogP contribution in [0, 0.1) is 6.92 Å². The summed E-state index contributed by atoms with van der Waals surface area (Å²) in [6.07, 6.45) is -0.0461. The fourth-order valence-corrected chi connectivity index (χ4v) is 1.54. The maximum atomic E-state index is 10.4. The van der Waals surface area contributed by atoms with Crippen LogP contribution in [0.1, 0.15) is 23.6 Å². The lowest BCUT2D eigenvalue weighted by atomic mass is 10.0. The number of hydrogen-bond acceptors (Lipinski definition) is 2. The maximum Gasteiger partial charge on any atom is 0.305 e. The minimum Gasteiger partial charge on any atom is -0.481 e. The zero-order valence-electron chi connectivity index (χ0n) is 7.83. The Labute approximate surface area is 91.1 Å². The van der Waals surface area contributed by atoms with E-state index in [4.69, 9.17) is 10.8 Å². The van der Waals surface area contributed by atoms with Crippen LogP contribution in [0.25, 0.3) is 0 Å². The molecule has 0 saturated heterocycles. The van der Waals surface area contributed by atoms with Crippen molar-refractivity contribution in [1.82, 2.24) is 0 Å². The van der Waals surface area contributed by atoms with Gasteiger partial charge in [0.05, 0.1) is 6.42 Å². The first-order chi connectivity index (χ1) is 6.50. The van der Waals surface area contributed by atoms with Crippen LogP contribution in [0.4, 0.5) is 0 Å². The second-order valence-electron chi connectivity index (χ2n) is 3.21. The summed E-state index contributed by atoms with van der Waals surface area (Å²) in [7, 11) is 0. The number of hydrogen-bond donors (Lipinski definition) is 2. The van der Waals surface area contributed by atoms with Crippen molar-refractivity contribution in [2.24, 2.45) is 5.73 Å². The minimum absolute atomic E-state index is 0.0461. The van der Waals surface area contributed by atoms with Gasteiger partial charge in [-0.1, -0.05) is 28.1 Å². The SMILES string of the molecule is Cc1ccc([C@@H](N)CC(=O)O)cc1Br. The number of carbonyl (C=O) groups is 1. The van der Waals surface area contributed by atoms with Crippen LogP contribution >= 0.6 is 15.9 Å². The zero-order chi connectivity index (χ0) is 10.7. The molecule has 1 rings (SSSR count). The van der Waals surface area contributed by atoms with Crippen molar-refractivity contribution in [3.63, 3.8) is 0 Å². The molecule has 0 unspecified atom stereocenters. The lowest BCUT2D eigenvalue weighted by Gasteiger charge is -2.10. The van der Waals surface area contributed by atoms with E-state index in [0.29, 0.717) is 0 Å². The van der Waals surface area contributed by atoms with Crippen molar-refractivity contribution >= 4 is 21.9 Å². The third-order valence-electron chi connectivity index (χ3n) is 2.02. The molecule has 76 valence electrons. The van der Waals surface area contributed by atoms with Gasteiger partial charge in [-0.25, -0.2) is 0 Å². The summed E-state index contributed by atoms with van der Waals surface area (Å²) in [5.41, 5.74) is 7.66. The Morgan fingerprint density at radius 2 is 2.29 bits per heavy atom. The van der Waals surface area contributed by atoms with Gasteiger partial charge >= 0.3 is 5.97 Å². The monoisotopic (exact) mass is 257 g/mol. The van der Waals surface area contributed by atoms with Crippen molar-refractivity contribution in [3.05, 3.63) is 33.8 Å². The molecule has 0 radical (unpaired) electrons. The van der Waals surface area contributed by atoms with E-state index in [2.05, 4.69) is 15.9 Å². The largest absolute Gasteiger partial charge is 0.481 e. The molecule has 14 heavy (non-hydrogen) atoms. The molecule has 1 aromatic rings. The molecule has 0 aliphatic carbocycles. The summed E-state index contributed by atoms with van der Waals surface area (Å²) >= 11 is 3.38. The number of carboxylic acids is 1. The molecule has 1 atom stereocenters. The lowest BCUT2D eigenvalue weighted by Crippen LogP contribution is -2.14. The highest BCUT2D eigenvalue weighted by molar-refractivity contribution is 9.10. The maximum absolute atomic E-state index is 10.4. The molecule has 3 nitrogen and oxygen atoms in total. The summed E-state index contributed by atoms with van der Waals surface area (Å²) in [4.78, 5) is 10.4. The van der Waals surface area contributed by atoms with Crippen molar-refractivity contribution in [1.29, 1.82) is 0 Å². The van der Waals surface area contributed by atoms with E-state index in [-0.39, 0.29) is 6.42 Å². The van der Waals surface area contributed by atoms with Gasteiger partial charge < -0.3 is 10.8 Å². The summed E-state index contributed by atoms with van der Waals surface area (Å²) in [6, 6.07) is 5.20. The lowest BCUT2D eigenvalue weighted by molar-refractivity contribution is -0.137. The Bertz CT molecular complexity index is 352. The van der Waals surface area contributed by atoms with Gasteiger partial charge in [0, 0.05) is 10.5 Å². The number of rotatable bonds is 3. The van der Waals surface area contributed by atoms with Crippen LogP contribution in [0.15, 0.2) is 22.7 Å². The minimum atomic E-state index is -0.880. The molecular formula is C10H12BrNO2. The molecule has 0 aliphatic rings. The standard InChI is InChI=1S/C10H12BrNO2/c1-6-2-3-7(4-8(6)11)9(12)5-10(13)14/h2-4,9H,5,12H2,1H3,(H,13,14)/t9-/m0/s1. The number of benzene rings is 1. The van der Waals surface area contributed by atoms with Gasteiger partial charge in [0.25, 0.3) is 0 Å². The van der Waals surface area contributed by atoms with Gasteiger partial charge in [-0.15, -0.1) is 0 Å². The van der Waals surface area contributed by atoms with Crippen LogP contribution in [0.3, 0.4) is 0 Å². The number of carboxylic acid groups (broad SMARTS) is 1. The van der Waals surface area contributed by atoms with Crippen LogP contribution < -0.4 is 5.73 Å². The first-order valence-electron chi connectivity index (χ1n) is 4.24. The van der Waals surface area contributed by atoms with Gasteiger partial charge in [0.2, 0.25) is 0 Å². The van der Waals surface area contributed by atoms with Crippen LogP contribution in [0.2, 0.25) is 0 Å². The molecular weight excluding hydrogens is 246 g/mol. The van der Waals surface area contributed by atoms with Crippen LogP contribution in [-0.2, 0) is 4.79 Å². The Kier molecular flexibility index (Phi) is 3.66. The van der Waals surface area contributed by atoms with Gasteiger partial charge in [0.15, 0.2) is 0 Å². The van der Waals surface area contributed by atoms with E-state index in [1.54, 1.807) is 0 Å². The highest BCUT2D eigenvalue weighted by Crippen LogP contribution is 2.22. The summed E-state index contributed by atoms with van der Waals surface area (Å²) in [5.74, 6) is -0.880. The fraction of sp³-hybridized carbons (Fsp3) is 0.300. The first kappa shape index (κ1) is 11.2. The van der Waals surface area contributed by atoms with E-state index < -0.39 is 12.0 Å². The summed E-state index contributed by atoms with van der Waals surface area (Å²) < 4.78 is 0.954. The molecule has 3 N–H and O–H groups in total. The number of aliphatic carboxylic acids is 1. The average molecular weight is 258 g/mol. The highest BCUT2D eigenvalue weighted by atomic mass is 79.9. The molecule has 0 aliphatic heterocycles. The number of nitrogens with two attached hydrogens (primary N) is 1. The molecule has 0 bridgehead atoms. The van der Waals surface area contributed by atoms with E-state index in [9.17, 15) is 4.79 Å². The third-order valence-corrected chi connectivity index (χ3v) is 2.87. The molecule has 0 heterocycles. The van der Waals surface area contributed by atoms with Crippen molar-refractivity contribution in [3.8, 4) is 0 Å². The number of halogens is 1. The molecule has 0 spiro atoms. The van der Waals surface area contributed by atoms with Crippen LogP contribution in [0.5, 0.6) is 0 Å². The van der Waals surface area contributed by atoms with Crippen LogP contribution in [-0.4, -0.2) is 11.1 Å². The summed E-state index contributed by atoms with van der Waals surface area (Å²) in [6.45, 7) is 1.97. The Morgan fingerprint density at radius 1 is 1.64 bits per heavy atom. The zero-order valence-corrected chi connectivity index (χ0v) is 9.41. The van der Waals surface area contributed by atoms with Gasteiger partial charge in [0.1, 0.15) is 0 Å². The Balaban J connectivity index is 2.85. The van der Waals surface area contributed by atoms with Gasteiger partial charge in [-0.05, 0) is 24.1 Å². The molecule has 0 amide bonds. The average Bonchev–Trinajstić information content (AvgIpc) is 2.08. The smallest absolute Gasteiger partial charge is 0.305 e. The Morgan fingerprint density at radius 3 is 2.79 bits per heavy atom. The first-order valence-corrected chi connectivity index (χ1v) is 5.03. The predicted molar refractivity (Wildman–Crippen MR) is 58.1 cm³/mol. The second-order valence-corrected chi connectivity index (χ2v) is 4.07.